The molecule has 1 fully saturated rings. The van der Waals surface area contributed by atoms with E-state index in [9.17, 15) is 0 Å². The molecule has 5 heteroatoms. The first-order valence-corrected chi connectivity index (χ1v) is 7.39. The number of thiazole rings is 1. The van der Waals surface area contributed by atoms with Crippen LogP contribution in [0.3, 0.4) is 0 Å². The molecular weight excluding hydrogens is 266 g/mol. The second kappa shape index (κ2) is 5.34. The molecule has 3 heterocycles. The average Bonchev–Trinajstić information content (AvgIpc) is 2.90. The monoisotopic (exact) mass is 279 g/mol. The van der Waals surface area contributed by atoms with Crippen molar-refractivity contribution in [2.75, 3.05) is 6.54 Å². The minimum Gasteiger partial charge on any atom is -0.308 e. The molecule has 3 nitrogen and oxygen atoms in total. The first-order chi connectivity index (χ1) is 8.83. The van der Waals surface area contributed by atoms with Crippen LogP contribution in [-0.2, 0) is 0 Å². The summed E-state index contributed by atoms with van der Waals surface area (Å²) in [5.41, 5.74) is 2.02. The van der Waals surface area contributed by atoms with Crippen molar-refractivity contribution >= 4 is 22.9 Å². The lowest BCUT2D eigenvalue weighted by Gasteiger charge is -2.21. The number of hydrogen-bond donors (Lipinski definition) is 1. The quantitative estimate of drug-likeness (QED) is 0.853. The third-order valence-electron chi connectivity index (χ3n) is 3.15. The highest BCUT2D eigenvalue weighted by Crippen LogP contribution is 2.29. The Morgan fingerprint density at radius 2 is 2.28 bits per heavy atom. The van der Waals surface area contributed by atoms with Crippen LogP contribution in [0, 0.1) is 0 Å². The van der Waals surface area contributed by atoms with Crippen molar-refractivity contribution in [1.82, 2.24) is 15.3 Å². The van der Waals surface area contributed by atoms with Gasteiger partial charge < -0.3 is 5.32 Å². The van der Waals surface area contributed by atoms with Gasteiger partial charge in [0.2, 0.25) is 0 Å². The van der Waals surface area contributed by atoms with E-state index in [-0.39, 0.29) is 0 Å². The van der Waals surface area contributed by atoms with Crippen molar-refractivity contribution in [3.05, 3.63) is 33.9 Å². The van der Waals surface area contributed by atoms with Crippen molar-refractivity contribution in [3.8, 4) is 11.3 Å². The molecule has 94 valence electrons. The number of piperidine rings is 1. The Kier molecular flexibility index (Phi) is 3.59. The fourth-order valence-corrected chi connectivity index (χ4v) is 3.22. The summed E-state index contributed by atoms with van der Waals surface area (Å²) in [6.45, 7) is 1.10. The molecule has 0 radical (unpaired) electrons. The highest BCUT2D eigenvalue weighted by Gasteiger charge is 2.18. The molecule has 0 aliphatic carbocycles. The Bertz CT molecular complexity index is 517. The summed E-state index contributed by atoms with van der Waals surface area (Å²) in [6.07, 6.45) is 5.52. The van der Waals surface area contributed by atoms with E-state index in [1.807, 2.05) is 6.07 Å². The van der Waals surface area contributed by atoms with E-state index in [1.165, 1.54) is 24.3 Å². The molecule has 0 saturated carbocycles. The first kappa shape index (κ1) is 12.1. The summed E-state index contributed by atoms with van der Waals surface area (Å²) in [6, 6.07) is 4.19. The number of pyridine rings is 1. The summed E-state index contributed by atoms with van der Waals surface area (Å²) >= 11 is 7.51. The lowest BCUT2D eigenvalue weighted by molar-refractivity contribution is 0.411. The second-order valence-corrected chi connectivity index (χ2v) is 5.72. The lowest BCUT2D eigenvalue weighted by atomic mass is 10.1. The molecule has 0 spiro atoms. The molecule has 1 aliphatic heterocycles. The molecule has 1 unspecified atom stereocenters. The predicted molar refractivity (Wildman–Crippen MR) is 74.9 cm³/mol. The predicted octanol–water partition coefficient (Wildman–Crippen LogP) is 3.67. The topological polar surface area (TPSA) is 37.8 Å². The molecule has 0 amide bonds. The van der Waals surface area contributed by atoms with Crippen LogP contribution < -0.4 is 5.32 Å². The van der Waals surface area contributed by atoms with Gasteiger partial charge in [0, 0.05) is 17.1 Å². The van der Waals surface area contributed by atoms with E-state index in [0.717, 1.165) is 17.8 Å². The standard InChI is InChI=1S/C13H14ClN3S/c14-12-5-4-9(7-16-12)11-8-18-13(17-11)10-3-1-2-6-15-10/h4-5,7-8,10,15H,1-3,6H2. The number of rotatable bonds is 2. The Hall–Kier alpha value is -0.970. The maximum atomic E-state index is 5.79. The molecule has 18 heavy (non-hydrogen) atoms. The fraction of sp³-hybridized carbons (Fsp3) is 0.385. The SMILES string of the molecule is Clc1ccc(-c2csc(C3CCCCN3)n2)cn1. The maximum absolute atomic E-state index is 5.79. The number of aromatic nitrogens is 2. The minimum atomic E-state index is 0.428. The molecule has 3 rings (SSSR count). The van der Waals surface area contributed by atoms with Crippen molar-refractivity contribution in [2.24, 2.45) is 0 Å². The minimum absolute atomic E-state index is 0.428. The number of nitrogens with zero attached hydrogens (tertiary/aromatic N) is 2. The molecule has 0 aromatic carbocycles. The van der Waals surface area contributed by atoms with Crippen LogP contribution in [0.2, 0.25) is 5.15 Å². The maximum Gasteiger partial charge on any atom is 0.129 e. The van der Waals surface area contributed by atoms with Crippen LogP contribution >= 0.6 is 22.9 Å². The zero-order chi connectivity index (χ0) is 12.4. The van der Waals surface area contributed by atoms with Gasteiger partial charge in [-0.05, 0) is 31.5 Å². The van der Waals surface area contributed by atoms with E-state index < -0.39 is 0 Å². The molecule has 1 aliphatic rings. The second-order valence-electron chi connectivity index (χ2n) is 4.44. The number of halogens is 1. The van der Waals surface area contributed by atoms with Crippen LogP contribution in [0.1, 0.15) is 30.3 Å². The summed E-state index contributed by atoms with van der Waals surface area (Å²) in [4.78, 5) is 8.80. The van der Waals surface area contributed by atoms with Gasteiger partial charge in [-0.2, -0.15) is 0 Å². The van der Waals surface area contributed by atoms with E-state index >= 15 is 0 Å². The van der Waals surface area contributed by atoms with Crippen LogP contribution in [0.15, 0.2) is 23.7 Å². The van der Waals surface area contributed by atoms with Crippen molar-refractivity contribution in [1.29, 1.82) is 0 Å². The van der Waals surface area contributed by atoms with Gasteiger partial charge in [0.05, 0.1) is 11.7 Å². The Morgan fingerprint density at radius 3 is 3.00 bits per heavy atom. The van der Waals surface area contributed by atoms with Gasteiger partial charge in [0.1, 0.15) is 10.2 Å². The first-order valence-electron chi connectivity index (χ1n) is 6.14. The fourth-order valence-electron chi connectivity index (χ4n) is 2.17. The van der Waals surface area contributed by atoms with E-state index in [2.05, 4.69) is 15.7 Å². The smallest absolute Gasteiger partial charge is 0.129 e. The molecule has 1 atom stereocenters. The van der Waals surface area contributed by atoms with E-state index in [1.54, 1.807) is 23.6 Å². The Morgan fingerprint density at radius 1 is 1.33 bits per heavy atom. The molecule has 2 aromatic rings. The van der Waals surface area contributed by atoms with Crippen molar-refractivity contribution in [2.45, 2.75) is 25.3 Å². The molecule has 0 bridgehead atoms. The van der Waals surface area contributed by atoms with Crippen molar-refractivity contribution < 1.29 is 0 Å². The summed E-state index contributed by atoms with van der Waals surface area (Å²) in [7, 11) is 0. The van der Waals surface area contributed by atoms with Gasteiger partial charge in [0.25, 0.3) is 0 Å². The summed E-state index contributed by atoms with van der Waals surface area (Å²) in [5.74, 6) is 0. The van der Waals surface area contributed by atoms with Gasteiger partial charge in [-0.15, -0.1) is 11.3 Å². The molecular formula is C13H14ClN3S. The molecule has 1 N–H and O–H groups in total. The van der Waals surface area contributed by atoms with E-state index in [0.29, 0.717) is 11.2 Å². The van der Waals surface area contributed by atoms with Crippen LogP contribution in [0.25, 0.3) is 11.3 Å². The van der Waals surface area contributed by atoms with Crippen molar-refractivity contribution in [3.63, 3.8) is 0 Å². The zero-order valence-electron chi connectivity index (χ0n) is 9.90. The molecule has 1 saturated heterocycles. The van der Waals surface area contributed by atoms with Gasteiger partial charge >= 0.3 is 0 Å². The van der Waals surface area contributed by atoms with Crippen LogP contribution in [0.5, 0.6) is 0 Å². The highest BCUT2D eigenvalue weighted by atomic mass is 35.5. The lowest BCUT2D eigenvalue weighted by Crippen LogP contribution is -2.26. The summed E-state index contributed by atoms with van der Waals surface area (Å²) in [5, 5.41) is 7.31. The van der Waals surface area contributed by atoms with Crippen LogP contribution in [-0.4, -0.2) is 16.5 Å². The molecule has 2 aromatic heterocycles. The normalized spacial score (nSPS) is 19.9. The van der Waals surface area contributed by atoms with Gasteiger partial charge in [0.15, 0.2) is 0 Å². The van der Waals surface area contributed by atoms with E-state index in [4.69, 9.17) is 16.6 Å². The zero-order valence-corrected chi connectivity index (χ0v) is 11.5. The third-order valence-corrected chi connectivity index (χ3v) is 4.34. The van der Waals surface area contributed by atoms with Crippen LogP contribution in [0.4, 0.5) is 0 Å². The number of hydrogen-bond acceptors (Lipinski definition) is 4. The number of nitrogens with one attached hydrogen (secondary N) is 1. The highest BCUT2D eigenvalue weighted by molar-refractivity contribution is 7.10. The summed E-state index contributed by atoms with van der Waals surface area (Å²) < 4.78 is 0. The van der Waals surface area contributed by atoms with Gasteiger partial charge in [-0.1, -0.05) is 18.0 Å². The van der Waals surface area contributed by atoms with Gasteiger partial charge in [-0.3, -0.25) is 0 Å². The Balaban J connectivity index is 1.82. The Labute approximate surface area is 115 Å². The third kappa shape index (κ3) is 2.55. The van der Waals surface area contributed by atoms with Gasteiger partial charge in [-0.25, -0.2) is 9.97 Å². The average molecular weight is 280 g/mol. The largest absolute Gasteiger partial charge is 0.308 e.